The fourth-order valence-electron chi connectivity index (χ4n) is 3.23. The molecule has 1 aliphatic carbocycles. The Hall–Kier alpha value is -2.26. The Bertz CT molecular complexity index is 811. The first-order valence-corrected chi connectivity index (χ1v) is 7.64. The van der Waals surface area contributed by atoms with Crippen molar-refractivity contribution in [1.82, 2.24) is 9.78 Å². The number of ketones is 1. The van der Waals surface area contributed by atoms with Gasteiger partial charge in [-0.05, 0) is 5.41 Å². The average molecular weight is 333 g/mol. The zero-order chi connectivity index (χ0) is 16.9. The summed E-state index contributed by atoms with van der Waals surface area (Å²) in [6.45, 7) is 4.00. The van der Waals surface area contributed by atoms with Gasteiger partial charge >= 0.3 is 0 Å². The fourth-order valence-corrected chi connectivity index (χ4v) is 3.52. The van der Waals surface area contributed by atoms with Crippen molar-refractivity contribution in [3.63, 3.8) is 0 Å². The van der Waals surface area contributed by atoms with E-state index in [4.69, 9.17) is 22.1 Å². The number of hydrogen-bond donors (Lipinski definition) is 1. The maximum Gasteiger partial charge on any atom is 0.205 e. The van der Waals surface area contributed by atoms with E-state index in [0.29, 0.717) is 34.9 Å². The van der Waals surface area contributed by atoms with Gasteiger partial charge in [0.25, 0.3) is 0 Å². The van der Waals surface area contributed by atoms with Crippen LogP contribution in [0.2, 0.25) is 5.02 Å². The Balaban J connectivity index is 2.22. The first-order chi connectivity index (χ1) is 10.7. The summed E-state index contributed by atoms with van der Waals surface area (Å²) in [6.07, 6.45) is 2.60. The van der Waals surface area contributed by atoms with Crippen molar-refractivity contribution < 1.29 is 9.53 Å². The standard InChI is InChI=1S/C16H17ClN4O2/c1-16(2)4-10(22)13-11(5-16)23-15(19)8(6-18)12(13)14-9(17)7-21(3)20-14/h7,12H,4-5,19H2,1-3H3/t12-/m0/s1. The minimum absolute atomic E-state index is 0.0171. The minimum Gasteiger partial charge on any atom is -0.444 e. The van der Waals surface area contributed by atoms with Crippen molar-refractivity contribution in [2.75, 3.05) is 0 Å². The highest BCUT2D eigenvalue weighted by Crippen LogP contribution is 2.48. The van der Waals surface area contributed by atoms with Gasteiger partial charge in [-0.2, -0.15) is 10.4 Å². The molecule has 3 rings (SSSR count). The molecule has 6 nitrogen and oxygen atoms in total. The largest absolute Gasteiger partial charge is 0.444 e. The summed E-state index contributed by atoms with van der Waals surface area (Å²) in [5.41, 5.74) is 6.81. The van der Waals surface area contributed by atoms with Crippen LogP contribution in [0, 0.1) is 16.7 Å². The molecule has 1 aromatic heterocycles. The van der Waals surface area contributed by atoms with Gasteiger partial charge in [0, 0.05) is 31.7 Å². The van der Waals surface area contributed by atoms with Crippen LogP contribution in [0.4, 0.5) is 0 Å². The molecule has 1 aromatic rings. The maximum absolute atomic E-state index is 12.7. The highest BCUT2D eigenvalue weighted by atomic mass is 35.5. The number of nitrogens with zero attached hydrogens (tertiary/aromatic N) is 3. The number of nitrogens with two attached hydrogens (primary N) is 1. The number of carbonyl (C=O) groups excluding carboxylic acids is 1. The van der Waals surface area contributed by atoms with Crippen LogP contribution in [0.25, 0.3) is 0 Å². The smallest absolute Gasteiger partial charge is 0.205 e. The number of carbonyl (C=O) groups is 1. The number of halogens is 1. The number of aromatic nitrogens is 2. The quantitative estimate of drug-likeness (QED) is 0.852. The molecule has 0 saturated heterocycles. The van der Waals surface area contributed by atoms with Crippen LogP contribution in [-0.4, -0.2) is 15.6 Å². The van der Waals surface area contributed by atoms with Crippen molar-refractivity contribution in [2.45, 2.75) is 32.6 Å². The Morgan fingerprint density at radius 3 is 2.78 bits per heavy atom. The van der Waals surface area contributed by atoms with E-state index >= 15 is 0 Å². The van der Waals surface area contributed by atoms with E-state index in [9.17, 15) is 10.1 Å². The third-order valence-corrected chi connectivity index (χ3v) is 4.45. The number of nitriles is 1. The van der Waals surface area contributed by atoms with Crippen LogP contribution in [0.5, 0.6) is 0 Å². The zero-order valence-electron chi connectivity index (χ0n) is 13.2. The van der Waals surface area contributed by atoms with E-state index in [0.717, 1.165) is 0 Å². The third kappa shape index (κ3) is 2.51. The van der Waals surface area contributed by atoms with E-state index in [2.05, 4.69) is 5.10 Å². The lowest BCUT2D eigenvalue weighted by molar-refractivity contribution is -0.119. The molecular weight excluding hydrogens is 316 g/mol. The summed E-state index contributed by atoms with van der Waals surface area (Å²) in [5.74, 6) is -0.179. The number of aryl methyl sites for hydroxylation is 1. The maximum atomic E-state index is 12.7. The lowest BCUT2D eigenvalue weighted by atomic mass is 9.71. The molecule has 7 heteroatoms. The molecule has 120 valence electrons. The van der Waals surface area contributed by atoms with E-state index in [1.807, 2.05) is 19.9 Å². The van der Waals surface area contributed by atoms with Crippen molar-refractivity contribution in [2.24, 2.45) is 18.2 Å². The second-order valence-electron chi connectivity index (χ2n) is 6.74. The molecule has 2 N–H and O–H groups in total. The SMILES string of the molecule is Cn1cc(Cl)c([C@H]2C(C#N)=C(N)OC3=C2C(=O)CC(C)(C)C3)n1. The molecule has 1 aliphatic heterocycles. The second-order valence-corrected chi connectivity index (χ2v) is 7.15. The van der Waals surface area contributed by atoms with Gasteiger partial charge < -0.3 is 10.5 Å². The molecule has 0 bridgehead atoms. The highest BCUT2D eigenvalue weighted by molar-refractivity contribution is 6.31. The molecule has 0 aromatic carbocycles. The molecule has 23 heavy (non-hydrogen) atoms. The van der Waals surface area contributed by atoms with Crippen LogP contribution >= 0.6 is 11.6 Å². The van der Waals surface area contributed by atoms with Crippen LogP contribution in [0.15, 0.2) is 29.0 Å². The van der Waals surface area contributed by atoms with Crippen LogP contribution in [0.1, 0.15) is 38.3 Å². The predicted octanol–water partition coefficient (Wildman–Crippen LogP) is 2.52. The van der Waals surface area contributed by atoms with Gasteiger partial charge in [-0.15, -0.1) is 0 Å². The van der Waals surface area contributed by atoms with Gasteiger partial charge in [0.2, 0.25) is 5.88 Å². The summed E-state index contributed by atoms with van der Waals surface area (Å²) in [7, 11) is 1.73. The van der Waals surface area contributed by atoms with Crippen LogP contribution in [-0.2, 0) is 16.6 Å². The molecule has 0 radical (unpaired) electrons. The van der Waals surface area contributed by atoms with Gasteiger partial charge in [-0.3, -0.25) is 9.48 Å². The van der Waals surface area contributed by atoms with Gasteiger partial charge in [0.05, 0.1) is 16.6 Å². The van der Waals surface area contributed by atoms with Gasteiger partial charge in [0.1, 0.15) is 17.4 Å². The zero-order valence-corrected chi connectivity index (χ0v) is 13.9. The number of ether oxygens (including phenoxy) is 1. The lowest BCUT2D eigenvalue weighted by Crippen LogP contribution is -2.33. The van der Waals surface area contributed by atoms with Gasteiger partial charge in [0.15, 0.2) is 5.78 Å². The van der Waals surface area contributed by atoms with E-state index in [1.165, 1.54) is 0 Å². The third-order valence-electron chi connectivity index (χ3n) is 4.16. The lowest BCUT2D eigenvalue weighted by Gasteiger charge is -2.36. The summed E-state index contributed by atoms with van der Waals surface area (Å²) in [5, 5.41) is 14.2. The van der Waals surface area contributed by atoms with Crippen molar-refractivity contribution in [3.8, 4) is 6.07 Å². The highest BCUT2D eigenvalue weighted by Gasteiger charge is 2.44. The Morgan fingerprint density at radius 1 is 1.52 bits per heavy atom. The molecular formula is C16H17ClN4O2. The topological polar surface area (TPSA) is 93.9 Å². The number of Topliss-reactive ketones (excluding diaryl/α,β-unsaturated/α-hetero) is 1. The summed E-state index contributed by atoms with van der Waals surface area (Å²) in [6, 6.07) is 2.05. The molecule has 0 spiro atoms. The Labute approximate surface area is 139 Å². The Kier molecular flexibility index (Phi) is 3.49. The first-order valence-electron chi connectivity index (χ1n) is 7.26. The second kappa shape index (κ2) is 5.14. The molecule has 0 saturated carbocycles. The van der Waals surface area contributed by atoms with E-state index < -0.39 is 5.92 Å². The molecule has 1 atom stereocenters. The van der Waals surface area contributed by atoms with Crippen LogP contribution < -0.4 is 5.73 Å². The number of rotatable bonds is 1. The molecule has 0 amide bonds. The minimum atomic E-state index is -0.666. The molecule has 2 aliphatic rings. The van der Waals surface area contributed by atoms with Crippen molar-refractivity contribution in [3.05, 3.63) is 39.7 Å². The Morgan fingerprint density at radius 2 is 2.22 bits per heavy atom. The van der Waals surface area contributed by atoms with Crippen LogP contribution in [0.3, 0.4) is 0 Å². The molecule has 0 fully saturated rings. The fraction of sp³-hybridized carbons (Fsp3) is 0.438. The molecule has 2 heterocycles. The summed E-state index contributed by atoms with van der Waals surface area (Å²) in [4.78, 5) is 12.7. The normalized spacial score (nSPS) is 23.4. The predicted molar refractivity (Wildman–Crippen MR) is 83.9 cm³/mol. The average Bonchev–Trinajstić information content (AvgIpc) is 2.74. The monoisotopic (exact) mass is 332 g/mol. The summed E-state index contributed by atoms with van der Waals surface area (Å²) >= 11 is 6.25. The van der Waals surface area contributed by atoms with Gasteiger partial charge in [-0.1, -0.05) is 25.4 Å². The van der Waals surface area contributed by atoms with E-state index in [1.54, 1.807) is 17.9 Å². The first kappa shape index (κ1) is 15.6. The molecule has 0 unspecified atom stereocenters. The van der Waals surface area contributed by atoms with Crippen molar-refractivity contribution in [1.29, 1.82) is 5.26 Å². The number of hydrogen-bond acceptors (Lipinski definition) is 5. The number of allylic oxidation sites excluding steroid dienone is 3. The summed E-state index contributed by atoms with van der Waals surface area (Å²) < 4.78 is 7.17. The van der Waals surface area contributed by atoms with Crippen molar-refractivity contribution >= 4 is 17.4 Å². The van der Waals surface area contributed by atoms with Gasteiger partial charge in [-0.25, -0.2) is 0 Å². The van der Waals surface area contributed by atoms with E-state index in [-0.39, 0.29) is 22.7 Å².